The van der Waals surface area contributed by atoms with Gasteiger partial charge in [-0.3, -0.25) is 9.89 Å². The van der Waals surface area contributed by atoms with Crippen LogP contribution in [0.2, 0.25) is 0 Å². The molecule has 124 valence electrons. The van der Waals surface area contributed by atoms with Crippen LogP contribution in [0.5, 0.6) is 0 Å². The molecule has 0 aliphatic carbocycles. The monoisotopic (exact) mass is 331 g/mol. The molecular weight excluding hydrogens is 314 g/mol. The van der Waals surface area contributed by atoms with Crippen molar-refractivity contribution in [3.05, 3.63) is 72.4 Å². The Balaban J connectivity index is 1.57. The summed E-state index contributed by atoms with van der Waals surface area (Å²) in [7, 11) is 1.75. The molecule has 1 amide bonds. The molecule has 0 saturated carbocycles. The van der Waals surface area contributed by atoms with Gasteiger partial charge < -0.3 is 9.88 Å². The quantitative estimate of drug-likeness (QED) is 0.603. The van der Waals surface area contributed by atoms with E-state index >= 15 is 0 Å². The summed E-state index contributed by atoms with van der Waals surface area (Å²) in [5, 5.41) is 9.47. The zero-order chi connectivity index (χ0) is 17.2. The maximum absolute atomic E-state index is 12.5. The van der Waals surface area contributed by atoms with Crippen LogP contribution in [-0.4, -0.2) is 38.0 Å². The zero-order valence-corrected chi connectivity index (χ0v) is 13.7. The number of nitrogens with one attached hydrogen (secondary N) is 2. The molecule has 0 atom stereocenters. The topological polar surface area (TPSA) is 77.7 Å². The summed E-state index contributed by atoms with van der Waals surface area (Å²) in [6.07, 6.45) is 3.30. The van der Waals surface area contributed by atoms with Gasteiger partial charge in [0.2, 0.25) is 0 Å². The van der Waals surface area contributed by atoms with Gasteiger partial charge in [0, 0.05) is 18.8 Å². The van der Waals surface area contributed by atoms with E-state index in [0.717, 1.165) is 22.3 Å². The molecule has 0 bridgehead atoms. The molecule has 0 radical (unpaired) electrons. The van der Waals surface area contributed by atoms with Crippen LogP contribution in [0.1, 0.15) is 16.2 Å². The number of amides is 1. The molecule has 4 rings (SSSR count). The molecule has 2 aromatic heterocycles. The summed E-state index contributed by atoms with van der Waals surface area (Å²) in [6, 6.07) is 16.1. The second-order valence-corrected chi connectivity index (χ2v) is 5.97. The Labute approximate surface area is 144 Å². The first kappa shape index (κ1) is 15.1. The van der Waals surface area contributed by atoms with Gasteiger partial charge in [0.25, 0.3) is 5.91 Å². The molecule has 2 heterocycles. The highest BCUT2D eigenvalue weighted by atomic mass is 16.2. The van der Waals surface area contributed by atoms with Gasteiger partial charge in [-0.25, -0.2) is 4.98 Å². The van der Waals surface area contributed by atoms with Crippen molar-refractivity contribution in [1.82, 2.24) is 25.1 Å². The lowest BCUT2D eigenvalue weighted by Gasteiger charge is -2.14. The second-order valence-electron chi connectivity index (χ2n) is 5.97. The minimum absolute atomic E-state index is 0.117. The van der Waals surface area contributed by atoms with Crippen LogP contribution in [0.3, 0.4) is 0 Å². The number of benzene rings is 2. The lowest BCUT2D eigenvalue weighted by molar-refractivity contribution is 0.0777. The number of fused-ring (bicyclic) bond motifs is 1. The molecule has 2 N–H and O–H groups in total. The molecule has 6 nitrogen and oxygen atoms in total. The molecule has 6 heteroatoms. The lowest BCUT2D eigenvalue weighted by Crippen LogP contribution is -2.26. The number of rotatable bonds is 4. The van der Waals surface area contributed by atoms with Gasteiger partial charge in [-0.1, -0.05) is 36.4 Å². The Morgan fingerprint density at radius 1 is 1.12 bits per heavy atom. The van der Waals surface area contributed by atoms with Gasteiger partial charge in [0.05, 0.1) is 24.3 Å². The Morgan fingerprint density at radius 3 is 2.76 bits per heavy atom. The Kier molecular flexibility index (Phi) is 3.78. The summed E-state index contributed by atoms with van der Waals surface area (Å²) in [6.45, 7) is 0.461. The second kappa shape index (κ2) is 6.24. The van der Waals surface area contributed by atoms with Crippen LogP contribution < -0.4 is 0 Å². The molecular formula is C19H17N5O. The van der Waals surface area contributed by atoms with Gasteiger partial charge in [-0.2, -0.15) is 5.10 Å². The van der Waals surface area contributed by atoms with Crippen molar-refractivity contribution >= 4 is 16.7 Å². The summed E-state index contributed by atoms with van der Waals surface area (Å²) < 4.78 is 0. The third kappa shape index (κ3) is 3.01. The molecule has 0 aliphatic heterocycles. The molecule has 4 aromatic rings. The third-order valence-corrected chi connectivity index (χ3v) is 4.16. The van der Waals surface area contributed by atoms with Crippen LogP contribution >= 0.6 is 0 Å². The maximum atomic E-state index is 12.5. The van der Waals surface area contributed by atoms with E-state index in [4.69, 9.17) is 0 Å². The van der Waals surface area contributed by atoms with E-state index in [1.54, 1.807) is 30.5 Å². The average molecular weight is 331 g/mol. The number of aromatic nitrogens is 4. The fraction of sp³-hybridized carbons (Fsp3) is 0.105. The number of nitrogens with zero attached hydrogens (tertiary/aromatic N) is 3. The van der Waals surface area contributed by atoms with Gasteiger partial charge in [0.1, 0.15) is 5.69 Å². The summed E-state index contributed by atoms with van der Waals surface area (Å²) in [4.78, 5) is 21.1. The normalized spacial score (nSPS) is 10.9. The van der Waals surface area contributed by atoms with Gasteiger partial charge >= 0.3 is 0 Å². The standard InChI is InChI=1S/C19H17N5O/c1-24(11-16-10-20-12-21-16)19(25)18-9-17(22-23-18)15-7-6-13-4-2-3-5-14(13)8-15/h2-10,12H,11H2,1H3,(H,20,21)(H,22,23). The zero-order valence-electron chi connectivity index (χ0n) is 13.7. The highest BCUT2D eigenvalue weighted by molar-refractivity contribution is 5.94. The first-order valence-electron chi connectivity index (χ1n) is 7.98. The highest BCUT2D eigenvalue weighted by Crippen LogP contribution is 2.23. The van der Waals surface area contributed by atoms with Crippen LogP contribution in [0.25, 0.3) is 22.0 Å². The molecule has 0 spiro atoms. The van der Waals surface area contributed by atoms with Gasteiger partial charge in [-0.15, -0.1) is 0 Å². The minimum Gasteiger partial charge on any atom is -0.347 e. The van der Waals surface area contributed by atoms with Crippen LogP contribution in [-0.2, 0) is 6.54 Å². The summed E-state index contributed by atoms with van der Waals surface area (Å²) in [5.74, 6) is -0.117. The largest absolute Gasteiger partial charge is 0.347 e. The molecule has 0 saturated heterocycles. The number of H-pyrrole nitrogens is 2. The molecule has 25 heavy (non-hydrogen) atoms. The maximum Gasteiger partial charge on any atom is 0.271 e. The van der Waals surface area contributed by atoms with E-state index < -0.39 is 0 Å². The van der Waals surface area contributed by atoms with Crippen molar-refractivity contribution < 1.29 is 4.79 Å². The van der Waals surface area contributed by atoms with Crippen molar-refractivity contribution in [2.45, 2.75) is 6.54 Å². The van der Waals surface area contributed by atoms with Crippen molar-refractivity contribution in [2.24, 2.45) is 0 Å². The Hall–Kier alpha value is -3.41. The fourth-order valence-electron chi connectivity index (χ4n) is 2.83. The van der Waals surface area contributed by atoms with E-state index in [1.807, 2.05) is 18.2 Å². The van der Waals surface area contributed by atoms with E-state index in [2.05, 4.69) is 44.4 Å². The van der Waals surface area contributed by atoms with Crippen LogP contribution in [0.15, 0.2) is 61.1 Å². The van der Waals surface area contributed by atoms with Crippen LogP contribution in [0, 0.1) is 0 Å². The lowest BCUT2D eigenvalue weighted by atomic mass is 10.1. The SMILES string of the molecule is CN(Cc1cnc[nH]1)C(=O)c1cc(-c2ccc3ccccc3c2)n[nH]1. The highest BCUT2D eigenvalue weighted by Gasteiger charge is 2.16. The first-order valence-corrected chi connectivity index (χ1v) is 7.98. The van der Waals surface area contributed by atoms with E-state index in [-0.39, 0.29) is 5.91 Å². The van der Waals surface area contributed by atoms with E-state index in [1.165, 1.54) is 5.39 Å². The number of imidazole rings is 1. The van der Waals surface area contributed by atoms with Crippen molar-refractivity contribution in [2.75, 3.05) is 7.05 Å². The number of aromatic amines is 2. The number of carbonyl (C=O) groups excluding carboxylic acids is 1. The van der Waals surface area contributed by atoms with Gasteiger partial charge in [-0.05, 0) is 22.9 Å². The number of carbonyl (C=O) groups is 1. The number of hydrogen-bond donors (Lipinski definition) is 2. The van der Waals surface area contributed by atoms with Crippen molar-refractivity contribution in [1.29, 1.82) is 0 Å². The van der Waals surface area contributed by atoms with Crippen molar-refractivity contribution in [3.63, 3.8) is 0 Å². The molecule has 0 fully saturated rings. The third-order valence-electron chi connectivity index (χ3n) is 4.16. The Bertz CT molecular complexity index is 1020. The molecule has 2 aromatic carbocycles. The minimum atomic E-state index is -0.117. The summed E-state index contributed by atoms with van der Waals surface area (Å²) in [5.41, 5.74) is 3.07. The summed E-state index contributed by atoms with van der Waals surface area (Å²) >= 11 is 0. The predicted molar refractivity (Wildman–Crippen MR) is 95.9 cm³/mol. The Morgan fingerprint density at radius 2 is 1.96 bits per heavy atom. The van der Waals surface area contributed by atoms with Crippen molar-refractivity contribution in [3.8, 4) is 11.3 Å². The van der Waals surface area contributed by atoms with Crippen LogP contribution in [0.4, 0.5) is 0 Å². The number of hydrogen-bond acceptors (Lipinski definition) is 3. The van der Waals surface area contributed by atoms with E-state index in [9.17, 15) is 4.79 Å². The van der Waals surface area contributed by atoms with E-state index in [0.29, 0.717) is 12.2 Å². The smallest absolute Gasteiger partial charge is 0.271 e. The molecule has 0 unspecified atom stereocenters. The average Bonchev–Trinajstić information content (AvgIpc) is 3.32. The predicted octanol–water partition coefficient (Wildman–Crippen LogP) is 3.23. The van der Waals surface area contributed by atoms with Gasteiger partial charge in [0.15, 0.2) is 0 Å². The fourth-order valence-corrected chi connectivity index (χ4v) is 2.83. The molecule has 0 aliphatic rings. The first-order chi connectivity index (χ1) is 12.2.